The van der Waals surface area contributed by atoms with E-state index in [1.165, 1.54) is 127 Å². The minimum atomic E-state index is 0.00831. The average molecular weight is 745 g/mol. The van der Waals surface area contributed by atoms with Gasteiger partial charge in [0.1, 0.15) is 0 Å². The summed E-state index contributed by atoms with van der Waals surface area (Å²) in [6.45, 7) is 21.0. The molecule has 1 fully saturated rings. The molecule has 2 aliphatic carbocycles. The standard InChI is InChI=1S/C54H57BN2/c1-52(2,3)37-21-26-40(27-22-37)56-45-33-39(54(7,8)9)25-30-44(45)55-49-42-19-13-17-35-18-14-20-43(48(35)42)51(49)57(41-28-23-38(24-29-41)53(4,5)6)47-32-36(31-46(56)50(47)55)34-15-11-10-12-16-34/h13-14,17-34H,10-12,15-16H2,1-9H3. The molecule has 6 aromatic carbocycles. The van der Waals surface area contributed by atoms with E-state index in [1.54, 1.807) is 0 Å². The van der Waals surface area contributed by atoms with Crippen LogP contribution in [0.5, 0.6) is 0 Å². The predicted octanol–water partition coefficient (Wildman–Crippen LogP) is 13.7. The molecular formula is C54H57BN2. The van der Waals surface area contributed by atoms with Crippen LogP contribution >= 0.6 is 0 Å². The summed E-state index contributed by atoms with van der Waals surface area (Å²) in [6, 6.07) is 45.6. The summed E-state index contributed by atoms with van der Waals surface area (Å²) in [7, 11) is 0. The molecule has 1 saturated carbocycles. The van der Waals surface area contributed by atoms with Crippen molar-refractivity contribution in [2.75, 3.05) is 9.80 Å². The lowest BCUT2D eigenvalue weighted by molar-refractivity contribution is 0.444. The molecule has 3 heteroatoms. The largest absolute Gasteiger partial charge is 0.311 e. The minimum Gasteiger partial charge on any atom is -0.311 e. The summed E-state index contributed by atoms with van der Waals surface area (Å²) >= 11 is 0. The van der Waals surface area contributed by atoms with Gasteiger partial charge in [-0.3, -0.25) is 0 Å². The maximum Gasteiger partial charge on any atom is 0.252 e. The van der Waals surface area contributed by atoms with Crippen molar-refractivity contribution >= 4 is 68.0 Å². The average Bonchev–Trinajstić information content (AvgIpc) is 3.52. The number of benzene rings is 6. The van der Waals surface area contributed by atoms with E-state index >= 15 is 0 Å². The van der Waals surface area contributed by atoms with E-state index in [2.05, 4.69) is 187 Å². The van der Waals surface area contributed by atoms with Gasteiger partial charge in [0, 0.05) is 39.7 Å². The number of rotatable bonds is 3. The maximum absolute atomic E-state index is 2.67. The number of hydrogen-bond acceptors (Lipinski definition) is 2. The highest BCUT2D eigenvalue weighted by atomic mass is 15.2. The molecule has 0 saturated heterocycles. The van der Waals surface area contributed by atoms with Crippen molar-refractivity contribution in [3.05, 3.63) is 149 Å². The number of hydrogen-bond donors (Lipinski definition) is 0. The zero-order valence-corrected chi connectivity index (χ0v) is 35.6. The summed E-state index contributed by atoms with van der Waals surface area (Å²) in [4.78, 5) is 5.32. The molecule has 0 atom stereocenters. The third-order valence-corrected chi connectivity index (χ3v) is 13.7. The third kappa shape index (κ3) is 5.74. The lowest BCUT2D eigenvalue weighted by Gasteiger charge is -2.45. The van der Waals surface area contributed by atoms with Gasteiger partial charge in [-0.1, -0.05) is 154 Å². The second-order valence-electron chi connectivity index (χ2n) is 20.5. The van der Waals surface area contributed by atoms with Gasteiger partial charge >= 0.3 is 0 Å². The molecule has 0 aromatic heterocycles. The molecule has 2 nitrogen and oxygen atoms in total. The molecule has 0 amide bonds. The fourth-order valence-corrected chi connectivity index (χ4v) is 10.5. The fraction of sp³-hybridized carbons (Fsp3) is 0.333. The summed E-state index contributed by atoms with van der Waals surface area (Å²) in [6.07, 6.45) is 6.47. The van der Waals surface area contributed by atoms with E-state index in [0.717, 1.165) is 0 Å². The SMILES string of the molecule is CC(C)(C)c1ccc(N2C3=C(B4c5ccc(C(C)(C)C)cc5N(c5ccc(C(C)(C)C)cc5)c5cc(C6CCCCC6)cc2c54)c2cccc4cccc3c24)cc1. The van der Waals surface area contributed by atoms with Crippen molar-refractivity contribution < 1.29 is 0 Å². The Hall–Kier alpha value is -5.02. The zero-order chi connectivity index (χ0) is 39.6. The van der Waals surface area contributed by atoms with Crippen LogP contribution in [0.2, 0.25) is 0 Å². The van der Waals surface area contributed by atoms with Crippen LogP contribution in [-0.2, 0) is 16.2 Å². The van der Waals surface area contributed by atoms with Crippen LogP contribution in [0.1, 0.15) is 134 Å². The summed E-state index contributed by atoms with van der Waals surface area (Å²) in [5, 5.41) is 2.70. The van der Waals surface area contributed by atoms with E-state index in [-0.39, 0.29) is 23.0 Å². The van der Waals surface area contributed by atoms with E-state index in [9.17, 15) is 0 Å². The molecule has 2 aliphatic heterocycles. The van der Waals surface area contributed by atoms with Crippen LogP contribution in [0.15, 0.2) is 115 Å². The monoisotopic (exact) mass is 744 g/mol. The molecule has 0 radical (unpaired) electrons. The van der Waals surface area contributed by atoms with E-state index in [4.69, 9.17) is 0 Å². The minimum absolute atomic E-state index is 0.00831. The Morgan fingerprint density at radius 1 is 0.509 bits per heavy atom. The van der Waals surface area contributed by atoms with Gasteiger partial charge < -0.3 is 9.80 Å². The fourth-order valence-electron chi connectivity index (χ4n) is 10.5. The Morgan fingerprint density at radius 3 is 1.61 bits per heavy atom. The molecule has 0 bridgehead atoms. The van der Waals surface area contributed by atoms with Crippen molar-refractivity contribution in [2.24, 2.45) is 0 Å². The lowest BCUT2D eigenvalue weighted by atomic mass is 9.32. The van der Waals surface area contributed by atoms with Gasteiger partial charge in [-0.05, 0) is 132 Å². The second-order valence-corrected chi connectivity index (χ2v) is 20.5. The van der Waals surface area contributed by atoms with Crippen molar-refractivity contribution in [1.82, 2.24) is 0 Å². The third-order valence-electron chi connectivity index (χ3n) is 13.7. The molecule has 286 valence electrons. The highest BCUT2D eigenvalue weighted by Gasteiger charge is 2.48. The van der Waals surface area contributed by atoms with Crippen molar-refractivity contribution in [1.29, 1.82) is 0 Å². The topological polar surface area (TPSA) is 6.48 Å². The highest BCUT2D eigenvalue weighted by Crippen LogP contribution is 2.55. The van der Waals surface area contributed by atoms with Crippen LogP contribution in [0, 0.1) is 0 Å². The quantitative estimate of drug-likeness (QED) is 0.167. The Kier molecular flexibility index (Phi) is 8.12. The maximum atomic E-state index is 2.67. The van der Waals surface area contributed by atoms with E-state index < -0.39 is 0 Å². The smallest absolute Gasteiger partial charge is 0.252 e. The number of fused-ring (bicyclic) bond motifs is 5. The zero-order valence-electron chi connectivity index (χ0n) is 35.6. The van der Waals surface area contributed by atoms with Gasteiger partial charge in [0.15, 0.2) is 0 Å². The van der Waals surface area contributed by atoms with Gasteiger partial charge in [0.2, 0.25) is 0 Å². The Bertz CT molecular complexity index is 2600. The van der Waals surface area contributed by atoms with Crippen LogP contribution in [0.4, 0.5) is 28.4 Å². The molecule has 0 spiro atoms. The molecule has 0 N–H and O–H groups in total. The second kappa shape index (κ2) is 12.7. The molecule has 57 heavy (non-hydrogen) atoms. The van der Waals surface area contributed by atoms with E-state index in [0.29, 0.717) is 5.92 Å². The van der Waals surface area contributed by atoms with Gasteiger partial charge in [0.05, 0.1) is 0 Å². The van der Waals surface area contributed by atoms with E-state index in [1.807, 2.05) is 0 Å². The molecular weight excluding hydrogens is 687 g/mol. The Labute approximate surface area is 341 Å². The first-order valence-electron chi connectivity index (χ1n) is 21.6. The first kappa shape index (κ1) is 36.3. The first-order valence-corrected chi connectivity index (χ1v) is 21.6. The summed E-state index contributed by atoms with van der Waals surface area (Å²) in [5.74, 6) is 0.552. The van der Waals surface area contributed by atoms with Crippen LogP contribution in [-0.4, -0.2) is 6.71 Å². The highest BCUT2D eigenvalue weighted by molar-refractivity contribution is 7.05. The van der Waals surface area contributed by atoms with Crippen LogP contribution in [0.25, 0.3) is 21.9 Å². The van der Waals surface area contributed by atoms with Crippen LogP contribution < -0.4 is 20.7 Å². The molecule has 10 rings (SSSR count). The molecule has 6 aromatic rings. The Balaban J connectivity index is 1.32. The normalized spacial score (nSPS) is 16.6. The summed E-state index contributed by atoms with van der Waals surface area (Å²) in [5.41, 5.74) is 20.5. The van der Waals surface area contributed by atoms with Gasteiger partial charge in [0.25, 0.3) is 6.71 Å². The van der Waals surface area contributed by atoms with Crippen LogP contribution in [0.3, 0.4) is 0 Å². The van der Waals surface area contributed by atoms with Gasteiger partial charge in [-0.2, -0.15) is 0 Å². The molecule has 2 heterocycles. The molecule has 4 aliphatic rings. The lowest BCUT2D eigenvalue weighted by Crippen LogP contribution is -2.55. The number of anilines is 5. The first-order chi connectivity index (χ1) is 27.2. The van der Waals surface area contributed by atoms with Gasteiger partial charge in [-0.25, -0.2) is 0 Å². The van der Waals surface area contributed by atoms with Crippen molar-refractivity contribution in [3.8, 4) is 0 Å². The predicted molar refractivity (Wildman–Crippen MR) is 247 cm³/mol. The van der Waals surface area contributed by atoms with Crippen molar-refractivity contribution in [3.63, 3.8) is 0 Å². The molecule has 0 unspecified atom stereocenters. The van der Waals surface area contributed by atoms with Gasteiger partial charge in [-0.15, -0.1) is 0 Å². The Morgan fingerprint density at radius 2 is 1.04 bits per heavy atom. The summed E-state index contributed by atoms with van der Waals surface area (Å²) < 4.78 is 0. The van der Waals surface area contributed by atoms with Crippen molar-refractivity contribution in [2.45, 2.75) is 117 Å². The number of nitrogens with zero attached hydrogens (tertiary/aromatic N) is 2.